The lowest BCUT2D eigenvalue weighted by Crippen LogP contribution is -1.51. The number of nitriles is 1. The molecular weight excluding hydrogens is 76.1 g/mol. The van der Waals surface area contributed by atoms with Crippen LogP contribution in [-0.4, -0.2) is 0 Å². The largest absolute Gasteiger partial charge is 0.344 e. The Bertz CT molecular complexity index is 78.0. The first kappa shape index (κ1) is 8.95. The van der Waals surface area contributed by atoms with Gasteiger partial charge in [0, 0.05) is 5.57 Å². The predicted molar refractivity (Wildman–Crippen MR) is 25.4 cm³/mol. The van der Waals surface area contributed by atoms with Crippen molar-refractivity contribution in [3.8, 4) is 6.07 Å². The Kier molecular flexibility index (Phi) is 6.25. The van der Waals surface area contributed by atoms with Gasteiger partial charge >= 0.3 is 0 Å². The van der Waals surface area contributed by atoms with Crippen molar-refractivity contribution in [1.29, 1.82) is 5.26 Å². The number of hydrogen-bond donors (Lipinski definition) is 1. The summed E-state index contributed by atoms with van der Waals surface area (Å²) >= 11 is 0. The summed E-state index contributed by atoms with van der Waals surface area (Å²) in [5, 5.41) is 7.79. The Morgan fingerprint density at radius 2 is 2.00 bits per heavy atom. The number of allylic oxidation sites excluding steroid dienone is 1. The second-order valence-corrected chi connectivity index (χ2v) is 0.892. The fourth-order valence-corrected chi connectivity index (χ4v) is 0. The molecule has 0 atom stereocenters. The molecule has 0 aliphatic carbocycles. The molecule has 2 heteroatoms. The van der Waals surface area contributed by atoms with E-state index in [9.17, 15) is 0 Å². The zero-order valence-corrected chi connectivity index (χ0v) is 3.86. The molecule has 0 heterocycles. The van der Waals surface area contributed by atoms with Crippen molar-refractivity contribution in [2.45, 2.75) is 6.92 Å². The molecule has 3 N–H and O–H groups in total. The molecule has 0 fully saturated rings. The molecule has 0 aliphatic rings. The van der Waals surface area contributed by atoms with E-state index in [-0.39, 0.29) is 6.15 Å². The van der Waals surface area contributed by atoms with E-state index in [4.69, 9.17) is 5.26 Å². The second-order valence-electron chi connectivity index (χ2n) is 0.892. The third-order valence-corrected chi connectivity index (χ3v) is 0.191. The summed E-state index contributed by atoms with van der Waals surface area (Å²) < 4.78 is 0. The topological polar surface area (TPSA) is 58.8 Å². The summed E-state index contributed by atoms with van der Waals surface area (Å²) in [4.78, 5) is 0. The van der Waals surface area contributed by atoms with Gasteiger partial charge in [0.05, 0.1) is 6.07 Å². The van der Waals surface area contributed by atoms with Crippen LogP contribution in [0.4, 0.5) is 0 Å². The van der Waals surface area contributed by atoms with Gasteiger partial charge < -0.3 is 6.15 Å². The van der Waals surface area contributed by atoms with E-state index < -0.39 is 0 Å². The van der Waals surface area contributed by atoms with Crippen molar-refractivity contribution in [2.24, 2.45) is 0 Å². The lowest BCUT2D eigenvalue weighted by atomic mass is 10.4. The van der Waals surface area contributed by atoms with Gasteiger partial charge in [0.1, 0.15) is 0 Å². The van der Waals surface area contributed by atoms with Gasteiger partial charge in [-0.1, -0.05) is 6.58 Å². The van der Waals surface area contributed by atoms with Crippen LogP contribution in [0.3, 0.4) is 0 Å². The standard InChI is InChI=1S/C4H5N.H3N/c1-4(2)3-5;/h1H2,2H3;1H3. The van der Waals surface area contributed by atoms with Crippen molar-refractivity contribution in [2.75, 3.05) is 0 Å². The number of hydrogen-bond acceptors (Lipinski definition) is 2. The monoisotopic (exact) mass is 84.1 g/mol. The smallest absolute Gasteiger partial charge is 0.0937 e. The molecule has 0 saturated carbocycles. The van der Waals surface area contributed by atoms with Gasteiger partial charge in [-0.25, -0.2) is 0 Å². The van der Waals surface area contributed by atoms with Crippen LogP contribution >= 0.6 is 0 Å². The first-order valence-electron chi connectivity index (χ1n) is 1.33. The molecule has 0 amide bonds. The van der Waals surface area contributed by atoms with Gasteiger partial charge in [-0.3, -0.25) is 0 Å². The highest BCUT2D eigenvalue weighted by Gasteiger charge is 1.64. The van der Waals surface area contributed by atoms with E-state index in [1.54, 1.807) is 6.92 Å². The van der Waals surface area contributed by atoms with Gasteiger partial charge in [-0.05, 0) is 6.92 Å². The van der Waals surface area contributed by atoms with Crippen molar-refractivity contribution in [3.05, 3.63) is 12.2 Å². The molecule has 0 unspecified atom stereocenters. The second kappa shape index (κ2) is 4.19. The summed E-state index contributed by atoms with van der Waals surface area (Å²) in [5.74, 6) is 0. The fourth-order valence-electron chi connectivity index (χ4n) is 0. The van der Waals surface area contributed by atoms with Crippen LogP contribution in [0.1, 0.15) is 6.92 Å². The zero-order valence-electron chi connectivity index (χ0n) is 3.86. The van der Waals surface area contributed by atoms with Gasteiger partial charge in [0.15, 0.2) is 0 Å². The molecule has 6 heavy (non-hydrogen) atoms. The Morgan fingerprint density at radius 3 is 2.00 bits per heavy atom. The van der Waals surface area contributed by atoms with Crippen LogP contribution in [0.2, 0.25) is 0 Å². The Hall–Kier alpha value is -0.810. The predicted octanol–water partition coefficient (Wildman–Crippen LogP) is 1.25. The lowest BCUT2D eigenvalue weighted by Gasteiger charge is -1.61. The maximum Gasteiger partial charge on any atom is 0.0937 e. The minimum absolute atomic E-state index is 0. The average Bonchev–Trinajstić information content (AvgIpc) is 1.38. The minimum Gasteiger partial charge on any atom is -0.344 e. The molecule has 34 valence electrons. The third-order valence-electron chi connectivity index (χ3n) is 0.191. The highest BCUT2D eigenvalue weighted by Crippen LogP contribution is 1.74. The third kappa shape index (κ3) is 10.8. The highest BCUT2D eigenvalue weighted by molar-refractivity contribution is 5.11. The van der Waals surface area contributed by atoms with Crippen LogP contribution in [0, 0.1) is 11.3 Å². The van der Waals surface area contributed by atoms with E-state index >= 15 is 0 Å². The maximum atomic E-state index is 7.79. The molecule has 0 aromatic heterocycles. The van der Waals surface area contributed by atoms with E-state index in [0.29, 0.717) is 5.57 Å². The zero-order chi connectivity index (χ0) is 4.28. The first-order valence-corrected chi connectivity index (χ1v) is 1.33. The lowest BCUT2D eigenvalue weighted by molar-refractivity contribution is 1.46. The van der Waals surface area contributed by atoms with Gasteiger partial charge in [0.25, 0.3) is 0 Å². The fraction of sp³-hybridized carbons (Fsp3) is 0.250. The van der Waals surface area contributed by atoms with E-state index in [1.165, 1.54) is 0 Å². The van der Waals surface area contributed by atoms with Crippen molar-refractivity contribution in [1.82, 2.24) is 6.15 Å². The Morgan fingerprint density at radius 1 is 1.83 bits per heavy atom. The Balaban J connectivity index is 0. The van der Waals surface area contributed by atoms with Crippen molar-refractivity contribution < 1.29 is 0 Å². The first-order chi connectivity index (χ1) is 2.27. The molecular formula is C4H8N2. The van der Waals surface area contributed by atoms with Crippen molar-refractivity contribution in [3.63, 3.8) is 0 Å². The quantitative estimate of drug-likeness (QED) is 0.449. The van der Waals surface area contributed by atoms with Crippen LogP contribution in [0.25, 0.3) is 0 Å². The molecule has 0 aliphatic heterocycles. The molecule has 0 spiro atoms. The van der Waals surface area contributed by atoms with Crippen LogP contribution in [0.5, 0.6) is 0 Å². The molecule has 0 radical (unpaired) electrons. The Labute approximate surface area is 37.7 Å². The summed E-state index contributed by atoms with van der Waals surface area (Å²) in [6.07, 6.45) is 0. The van der Waals surface area contributed by atoms with Gasteiger partial charge in [0.2, 0.25) is 0 Å². The molecule has 0 aromatic rings. The summed E-state index contributed by atoms with van der Waals surface area (Å²) in [5.41, 5.74) is 0.560. The number of nitrogens with zero attached hydrogens (tertiary/aromatic N) is 1. The van der Waals surface area contributed by atoms with Crippen molar-refractivity contribution >= 4 is 0 Å². The van der Waals surface area contributed by atoms with E-state index in [0.717, 1.165) is 0 Å². The molecule has 0 bridgehead atoms. The minimum atomic E-state index is 0. The average molecular weight is 84.1 g/mol. The van der Waals surface area contributed by atoms with Crippen LogP contribution in [-0.2, 0) is 0 Å². The number of rotatable bonds is 0. The summed E-state index contributed by atoms with van der Waals surface area (Å²) in [6, 6.07) is 1.83. The maximum absolute atomic E-state index is 7.79. The van der Waals surface area contributed by atoms with Crippen LogP contribution < -0.4 is 6.15 Å². The van der Waals surface area contributed by atoms with E-state index in [2.05, 4.69) is 6.58 Å². The highest BCUT2D eigenvalue weighted by atomic mass is 14.2. The molecule has 0 rings (SSSR count). The summed E-state index contributed by atoms with van der Waals surface area (Å²) in [7, 11) is 0. The molecule has 0 saturated heterocycles. The molecule has 0 aromatic carbocycles. The van der Waals surface area contributed by atoms with Gasteiger partial charge in [-0.15, -0.1) is 0 Å². The summed E-state index contributed by atoms with van der Waals surface area (Å²) in [6.45, 7) is 4.98. The molecule has 2 nitrogen and oxygen atoms in total. The SMILES string of the molecule is C=C(C)C#N.N. The van der Waals surface area contributed by atoms with Gasteiger partial charge in [-0.2, -0.15) is 5.26 Å². The van der Waals surface area contributed by atoms with Crippen LogP contribution in [0.15, 0.2) is 12.2 Å². The normalized spacial score (nSPS) is 4.67. The van der Waals surface area contributed by atoms with E-state index in [1.807, 2.05) is 6.07 Å².